The number of likely N-dealkylation sites (tertiary alicyclic amines) is 1. The van der Waals surface area contributed by atoms with Gasteiger partial charge in [-0.15, -0.1) is 0 Å². The number of Topliss-reactive ketones (excluding diaryl/α,β-unsaturated/α-hetero) is 1. The quantitative estimate of drug-likeness (QED) is 0.746. The fourth-order valence-corrected chi connectivity index (χ4v) is 3.69. The molecule has 1 unspecified atom stereocenters. The molecule has 27 heavy (non-hydrogen) atoms. The number of amides is 1. The van der Waals surface area contributed by atoms with Gasteiger partial charge in [0.2, 0.25) is 0 Å². The monoisotopic (exact) mass is 370 g/mol. The van der Waals surface area contributed by atoms with Crippen molar-refractivity contribution in [1.29, 1.82) is 0 Å². The van der Waals surface area contributed by atoms with Gasteiger partial charge in [-0.2, -0.15) is 0 Å². The van der Waals surface area contributed by atoms with E-state index in [0.29, 0.717) is 35.5 Å². The van der Waals surface area contributed by atoms with Gasteiger partial charge in [0, 0.05) is 18.0 Å². The summed E-state index contributed by atoms with van der Waals surface area (Å²) in [7, 11) is 1.61. The largest absolute Gasteiger partial charge is 0.496 e. The molecular formula is C21H26N2O4. The van der Waals surface area contributed by atoms with E-state index in [1.165, 1.54) is 0 Å². The molecule has 0 N–H and O–H groups in total. The molecule has 144 valence electrons. The van der Waals surface area contributed by atoms with Crippen molar-refractivity contribution in [2.45, 2.75) is 52.5 Å². The number of hydrogen-bond donors (Lipinski definition) is 0. The van der Waals surface area contributed by atoms with Crippen LogP contribution in [0, 0.1) is 13.8 Å². The highest BCUT2D eigenvalue weighted by Gasteiger charge is 2.37. The summed E-state index contributed by atoms with van der Waals surface area (Å²) >= 11 is 0. The summed E-state index contributed by atoms with van der Waals surface area (Å²) in [4.78, 5) is 28.0. The van der Waals surface area contributed by atoms with Crippen LogP contribution in [0.15, 0.2) is 22.7 Å². The maximum Gasteiger partial charge on any atom is 0.260 e. The molecule has 1 aliphatic rings. The van der Waals surface area contributed by atoms with E-state index in [1.54, 1.807) is 31.1 Å². The van der Waals surface area contributed by atoms with Gasteiger partial charge in [0.1, 0.15) is 11.3 Å². The lowest BCUT2D eigenvalue weighted by Crippen LogP contribution is -2.41. The van der Waals surface area contributed by atoms with Gasteiger partial charge in [-0.3, -0.25) is 9.59 Å². The number of aryl methyl sites for hydroxylation is 2. The molecule has 0 bridgehead atoms. The summed E-state index contributed by atoms with van der Waals surface area (Å²) in [6.45, 7) is 8.16. The number of carbonyl (C=O) groups is 2. The lowest BCUT2D eigenvalue weighted by Gasteiger charge is -2.24. The molecule has 2 aromatic rings. The Bertz CT molecular complexity index is 869. The molecule has 1 amide bonds. The van der Waals surface area contributed by atoms with E-state index in [2.05, 4.69) is 5.16 Å². The van der Waals surface area contributed by atoms with Crippen LogP contribution in [0.3, 0.4) is 0 Å². The Morgan fingerprint density at radius 1 is 1.30 bits per heavy atom. The Balaban J connectivity index is 1.89. The number of ether oxygens (including phenoxy) is 1. The van der Waals surface area contributed by atoms with Crippen LogP contribution in [0.5, 0.6) is 5.75 Å². The predicted molar refractivity (Wildman–Crippen MR) is 101 cm³/mol. The molecule has 6 heteroatoms. The number of ketones is 1. The smallest absolute Gasteiger partial charge is 0.260 e. The maximum atomic E-state index is 13.2. The second-order valence-electron chi connectivity index (χ2n) is 7.37. The van der Waals surface area contributed by atoms with Crippen LogP contribution >= 0.6 is 0 Å². The first kappa shape index (κ1) is 19.1. The van der Waals surface area contributed by atoms with E-state index in [-0.39, 0.29) is 17.6 Å². The van der Waals surface area contributed by atoms with E-state index < -0.39 is 6.04 Å². The minimum atomic E-state index is -0.459. The maximum absolute atomic E-state index is 13.2. The van der Waals surface area contributed by atoms with Crippen molar-refractivity contribution in [3.8, 4) is 5.75 Å². The van der Waals surface area contributed by atoms with Crippen molar-refractivity contribution >= 4 is 11.7 Å². The summed E-state index contributed by atoms with van der Waals surface area (Å²) in [5, 5.41) is 3.97. The Kier molecular flexibility index (Phi) is 5.35. The summed E-state index contributed by atoms with van der Waals surface area (Å²) in [6, 6.07) is 4.93. The Hall–Kier alpha value is -2.63. The third-order valence-electron chi connectivity index (χ3n) is 5.12. The number of methoxy groups -OCH3 is 1. The van der Waals surface area contributed by atoms with E-state index in [0.717, 1.165) is 17.7 Å². The van der Waals surface area contributed by atoms with Gasteiger partial charge in [0.05, 0.1) is 18.8 Å². The summed E-state index contributed by atoms with van der Waals surface area (Å²) in [5.74, 6) is 1.17. The van der Waals surface area contributed by atoms with E-state index in [1.807, 2.05) is 26.8 Å². The molecule has 1 aromatic heterocycles. The van der Waals surface area contributed by atoms with E-state index >= 15 is 0 Å². The normalized spacial score (nSPS) is 16.8. The average molecular weight is 370 g/mol. The molecule has 1 saturated heterocycles. The Labute approximate surface area is 159 Å². The van der Waals surface area contributed by atoms with Crippen LogP contribution in [0.25, 0.3) is 0 Å². The van der Waals surface area contributed by atoms with Gasteiger partial charge in [0.25, 0.3) is 5.91 Å². The average Bonchev–Trinajstić information content (AvgIpc) is 3.27. The molecule has 1 atom stereocenters. The van der Waals surface area contributed by atoms with Crippen LogP contribution in [-0.2, 0) is 0 Å². The van der Waals surface area contributed by atoms with Gasteiger partial charge < -0.3 is 14.2 Å². The first-order valence-corrected chi connectivity index (χ1v) is 9.31. The highest BCUT2D eigenvalue weighted by atomic mass is 16.5. The lowest BCUT2D eigenvalue weighted by molar-refractivity contribution is 0.0668. The van der Waals surface area contributed by atoms with E-state index in [4.69, 9.17) is 9.26 Å². The van der Waals surface area contributed by atoms with Gasteiger partial charge in [-0.05, 0) is 50.5 Å². The van der Waals surface area contributed by atoms with Gasteiger partial charge in [-0.1, -0.05) is 19.0 Å². The minimum absolute atomic E-state index is 0.0354. The van der Waals surface area contributed by atoms with Crippen molar-refractivity contribution in [1.82, 2.24) is 10.1 Å². The third-order valence-corrected chi connectivity index (χ3v) is 5.12. The van der Waals surface area contributed by atoms with Crippen molar-refractivity contribution in [3.05, 3.63) is 46.3 Å². The number of benzene rings is 1. The zero-order chi connectivity index (χ0) is 19.7. The highest BCUT2D eigenvalue weighted by Crippen LogP contribution is 2.29. The number of rotatable bonds is 5. The topological polar surface area (TPSA) is 72.6 Å². The molecule has 0 radical (unpaired) electrons. The molecule has 1 aromatic carbocycles. The molecule has 6 nitrogen and oxygen atoms in total. The highest BCUT2D eigenvalue weighted by molar-refractivity contribution is 6.05. The second kappa shape index (κ2) is 7.55. The second-order valence-corrected chi connectivity index (χ2v) is 7.37. The van der Waals surface area contributed by atoms with Gasteiger partial charge in [-0.25, -0.2) is 0 Å². The number of aromatic nitrogens is 1. The standard InChI is InChI=1S/C21H26N2O4/c1-12(2)20-18(14(4)22-27-20)21(25)23-10-6-7-16(23)19(24)15-8-9-17(26-5)13(3)11-15/h8-9,11-12,16H,6-7,10H2,1-5H3. The van der Waals surface area contributed by atoms with Crippen LogP contribution < -0.4 is 4.74 Å². The summed E-state index contributed by atoms with van der Waals surface area (Å²) in [6.07, 6.45) is 1.47. The van der Waals surface area contributed by atoms with Crippen LogP contribution in [0.1, 0.15) is 70.3 Å². The lowest BCUT2D eigenvalue weighted by atomic mass is 9.99. The zero-order valence-electron chi connectivity index (χ0n) is 16.5. The number of hydrogen-bond acceptors (Lipinski definition) is 5. The first-order valence-electron chi connectivity index (χ1n) is 9.31. The molecule has 3 rings (SSSR count). The Morgan fingerprint density at radius 3 is 2.67 bits per heavy atom. The Morgan fingerprint density at radius 2 is 2.04 bits per heavy atom. The molecule has 2 heterocycles. The third kappa shape index (κ3) is 3.48. The molecule has 0 spiro atoms. The molecule has 0 saturated carbocycles. The molecule has 1 fully saturated rings. The molecule has 0 aliphatic carbocycles. The fraction of sp³-hybridized carbons (Fsp3) is 0.476. The predicted octanol–water partition coefficient (Wildman–Crippen LogP) is 3.91. The van der Waals surface area contributed by atoms with Crippen molar-refractivity contribution in [3.63, 3.8) is 0 Å². The van der Waals surface area contributed by atoms with Crippen LogP contribution in [-0.4, -0.2) is 41.4 Å². The van der Waals surface area contributed by atoms with Crippen LogP contribution in [0.4, 0.5) is 0 Å². The summed E-state index contributed by atoms with van der Waals surface area (Å²) in [5.41, 5.74) is 2.57. The van der Waals surface area contributed by atoms with Crippen molar-refractivity contribution < 1.29 is 18.8 Å². The number of carbonyl (C=O) groups excluding carboxylic acids is 2. The van der Waals surface area contributed by atoms with Crippen molar-refractivity contribution in [2.75, 3.05) is 13.7 Å². The zero-order valence-corrected chi connectivity index (χ0v) is 16.5. The first-order chi connectivity index (χ1) is 12.8. The molecule has 1 aliphatic heterocycles. The fourth-order valence-electron chi connectivity index (χ4n) is 3.69. The number of nitrogens with zero attached hydrogens (tertiary/aromatic N) is 2. The minimum Gasteiger partial charge on any atom is -0.496 e. The van der Waals surface area contributed by atoms with Gasteiger partial charge >= 0.3 is 0 Å². The van der Waals surface area contributed by atoms with Gasteiger partial charge in [0.15, 0.2) is 11.5 Å². The SMILES string of the molecule is COc1ccc(C(=O)C2CCCN2C(=O)c2c(C)noc2C(C)C)cc1C. The van der Waals surface area contributed by atoms with Crippen LogP contribution in [0.2, 0.25) is 0 Å². The molecular weight excluding hydrogens is 344 g/mol. The van der Waals surface area contributed by atoms with Crippen molar-refractivity contribution in [2.24, 2.45) is 0 Å². The van der Waals surface area contributed by atoms with E-state index in [9.17, 15) is 9.59 Å². The summed E-state index contributed by atoms with van der Waals surface area (Å²) < 4.78 is 10.6.